The molecule has 2 aliphatic carbocycles. The fourth-order valence-electron chi connectivity index (χ4n) is 7.70. The molecule has 3 N–H and O–H groups in total. The van der Waals surface area contributed by atoms with Crippen LogP contribution in [0.15, 0.2) is 24.3 Å². The number of ketones is 1. The predicted octanol–water partition coefficient (Wildman–Crippen LogP) is 4.30. The second-order valence-corrected chi connectivity index (χ2v) is 16.3. The summed E-state index contributed by atoms with van der Waals surface area (Å²) in [6, 6.07) is 4.01. The minimum Gasteiger partial charge on any atom is -0.347 e. The fourth-order valence-corrected chi connectivity index (χ4v) is 7.88. The van der Waals surface area contributed by atoms with E-state index in [0.717, 1.165) is 38.5 Å². The van der Waals surface area contributed by atoms with Crippen molar-refractivity contribution in [1.29, 1.82) is 0 Å². The maximum atomic E-state index is 14.6. The van der Waals surface area contributed by atoms with E-state index in [9.17, 15) is 28.8 Å². The standard InChI is InChI=1S/C37H52ClN5O6/c1-5-10-27(31(46)34(48)39-25-15-16-25)40-33(47)28-19-37(20-30(45)42(21-37)26-14-9-13-24(38)18-26)22-43(28)35(49)32(36(2,3)4)41-29(44)17-23-11-7-6-8-12-23/h9,13-14,18,23,25,27-28,32H,5-8,10-12,15-17,19-22H2,1-4H3,(H,39,48)(H,40,47)(H,41,44)/t27-,28-,32+,37-/m0/s1. The summed E-state index contributed by atoms with van der Waals surface area (Å²) in [5, 5.41) is 9.04. The molecule has 5 rings (SSSR count). The van der Waals surface area contributed by atoms with Gasteiger partial charge in [0.15, 0.2) is 0 Å². The quantitative estimate of drug-likeness (QED) is 0.278. The van der Waals surface area contributed by atoms with Crippen molar-refractivity contribution in [2.24, 2.45) is 16.7 Å². The summed E-state index contributed by atoms with van der Waals surface area (Å²) in [6.45, 7) is 7.90. The number of rotatable bonds is 12. The lowest BCUT2D eigenvalue weighted by molar-refractivity contribution is -0.145. The normalized spacial score (nSPS) is 24.1. The number of carbonyl (C=O) groups is 6. The second kappa shape index (κ2) is 15.2. The van der Waals surface area contributed by atoms with Gasteiger partial charge in [-0.25, -0.2) is 0 Å². The highest BCUT2D eigenvalue weighted by atomic mass is 35.5. The first-order chi connectivity index (χ1) is 23.2. The van der Waals surface area contributed by atoms with Gasteiger partial charge in [0.2, 0.25) is 29.4 Å². The van der Waals surface area contributed by atoms with E-state index >= 15 is 0 Å². The summed E-state index contributed by atoms with van der Waals surface area (Å²) >= 11 is 6.25. The molecule has 4 fully saturated rings. The third-order valence-corrected chi connectivity index (χ3v) is 10.7. The topological polar surface area (TPSA) is 145 Å². The van der Waals surface area contributed by atoms with Gasteiger partial charge in [-0.1, -0.05) is 71.0 Å². The molecule has 268 valence electrons. The molecule has 2 saturated heterocycles. The number of hydrogen-bond donors (Lipinski definition) is 3. The summed E-state index contributed by atoms with van der Waals surface area (Å²) in [5.41, 5.74) is -0.798. The van der Waals surface area contributed by atoms with Crippen LogP contribution in [0.4, 0.5) is 5.69 Å². The Morgan fingerprint density at radius 3 is 2.35 bits per heavy atom. The monoisotopic (exact) mass is 697 g/mol. The molecule has 1 aromatic carbocycles. The molecular weight excluding hydrogens is 646 g/mol. The van der Waals surface area contributed by atoms with Crippen LogP contribution in [0, 0.1) is 16.7 Å². The van der Waals surface area contributed by atoms with Gasteiger partial charge in [-0.15, -0.1) is 0 Å². The first-order valence-electron chi connectivity index (χ1n) is 18.0. The van der Waals surface area contributed by atoms with Crippen LogP contribution >= 0.6 is 11.6 Å². The van der Waals surface area contributed by atoms with Crippen molar-refractivity contribution in [2.75, 3.05) is 18.0 Å². The Hall–Kier alpha value is -3.47. The van der Waals surface area contributed by atoms with E-state index in [4.69, 9.17) is 11.6 Å². The Bertz CT molecular complexity index is 1450. The number of anilines is 1. The van der Waals surface area contributed by atoms with Gasteiger partial charge in [-0.3, -0.25) is 28.8 Å². The molecule has 4 aliphatic rings. The Labute approximate surface area is 294 Å². The lowest BCUT2D eigenvalue weighted by Gasteiger charge is -2.36. The van der Waals surface area contributed by atoms with E-state index in [1.807, 2.05) is 27.7 Å². The minimum atomic E-state index is -1.05. The molecule has 5 amide bonds. The molecule has 1 spiro atoms. The van der Waals surface area contributed by atoms with Crippen molar-refractivity contribution in [3.63, 3.8) is 0 Å². The second-order valence-electron chi connectivity index (χ2n) is 15.9. The molecule has 0 aromatic heterocycles. The molecule has 49 heavy (non-hydrogen) atoms. The van der Waals surface area contributed by atoms with Crippen LogP contribution < -0.4 is 20.9 Å². The molecule has 12 heteroatoms. The smallest absolute Gasteiger partial charge is 0.289 e. The van der Waals surface area contributed by atoms with Crippen molar-refractivity contribution < 1.29 is 28.8 Å². The lowest BCUT2D eigenvalue weighted by Crippen LogP contribution is -2.59. The van der Waals surface area contributed by atoms with E-state index in [2.05, 4.69) is 16.0 Å². The van der Waals surface area contributed by atoms with Gasteiger partial charge < -0.3 is 25.8 Å². The largest absolute Gasteiger partial charge is 0.347 e. The van der Waals surface area contributed by atoms with Gasteiger partial charge in [0.1, 0.15) is 12.1 Å². The summed E-state index contributed by atoms with van der Waals surface area (Å²) in [4.78, 5) is 84.7. The number of benzene rings is 1. The third-order valence-electron chi connectivity index (χ3n) is 10.5. The summed E-state index contributed by atoms with van der Waals surface area (Å²) in [5.74, 6) is -2.42. The average Bonchev–Trinajstić information content (AvgIpc) is 3.70. The van der Waals surface area contributed by atoms with E-state index < -0.39 is 52.5 Å². The number of hydrogen-bond acceptors (Lipinski definition) is 6. The van der Waals surface area contributed by atoms with Gasteiger partial charge in [-0.2, -0.15) is 0 Å². The van der Waals surface area contributed by atoms with Gasteiger partial charge >= 0.3 is 0 Å². The summed E-state index contributed by atoms with van der Waals surface area (Å²) in [6.07, 6.45) is 8.45. The van der Waals surface area contributed by atoms with Gasteiger partial charge in [0.25, 0.3) is 5.91 Å². The number of nitrogens with zero attached hydrogens (tertiary/aromatic N) is 2. The molecular formula is C37H52ClN5O6. The maximum absolute atomic E-state index is 14.6. The molecule has 2 aliphatic heterocycles. The molecule has 0 bridgehead atoms. The Morgan fingerprint density at radius 1 is 1.00 bits per heavy atom. The number of halogens is 1. The Kier molecular flexibility index (Phi) is 11.4. The summed E-state index contributed by atoms with van der Waals surface area (Å²) in [7, 11) is 0. The molecule has 1 aromatic rings. The SMILES string of the molecule is CCC[C@H](NC(=O)[C@@H]1C[C@@]2(CC(=O)N(c3cccc(Cl)c3)C2)CN1C(=O)[C@@H](NC(=O)CC1CCCCC1)C(C)(C)C)C(=O)C(=O)NC1CC1. The highest BCUT2D eigenvalue weighted by Gasteiger charge is 2.56. The van der Waals surface area contributed by atoms with Crippen LogP contribution in [0.3, 0.4) is 0 Å². The number of likely N-dealkylation sites (tertiary alicyclic amines) is 1. The number of amides is 5. The lowest BCUT2D eigenvalue weighted by atomic mass is 9.84. The van der Waals surface area contributed by atoms with Crippen LogP contribution in [0.1, 0.15) is 105 Å². The van der Waals surface area contributed by atoms with Crippen molar-refractivity contribution in [2.45, 2.75) is 129 Å². The first-order valence-corrected chi connectivity index (χ1v) is 18.4. The zero-order chi connectivity index (χ0) is 35.5. The number of carbonyl (C=O) groups excluding carboxylic acids is 6. The van der Waals surface area contributed by atoms with Crippen LogP contribution in [-0.2, 0) is 28.8 Å². The number of nitrogens with one attached hydrogen (secondary N) is 3. The van der Waals surface area contributed by atoms with Crippen molar-refractivity contribution >= 4 is 52.6 Å². The third kappa shape index (κ3) is 9.01. The first kappa shape index (κ1) is 36.8. The highest BCUT2D eigenvalue weighted by molar-refractivity contribution is 6.38. The van der Waals surface area contributed by atoms with Crippen LogP contribution in [0.5, 0.6) is 0 Å². The van der Waals surface area contributed by atoms with Crippen LogP contribution in [0.2, 0.25) is 5.02 Å². The van der Waals surface area contributed by atoms with Crippen LogP contribution in [0.25, 0.3) is 0 Å². The van der Waals surface area contributed by atoms with Crippen molar-refractivity contribution in [1.82, 2.24) is 20.9 Å². The molecule has 4 atom stereocenters. The predicted molar refractivity (Wildman–Crippen MR) is 187 cm³/mol. The summed E-state index contributed by atoms with van der Waals surface area (Å²) < 4.78 is 0. The zero-order valence-corrected chi connectivity index (χ0v) is 30.1. The average molecular weight is 698 g/mol. The minimum absolute atomic E-state index is 0.0118. The maximum Gasteiger partial charge on any atom is 0.289 e. The molecule has 11 nitrogen and oxygen atoms in total. The van der Waals surface area contributed by atoms with Crippen molar-refractivity contribution in [3.8, 4) is 0 Å². The molecule has 2 saturated carbocycles. The molecule has 0 radical (unpaired) electrons. The van der Waals surface area contributed by atoms with E-state index in [0.29, 0.717) is 23.6 Å². The Morgan fingerprint density at radius 2 is 1.71 bits per heavy atom. The van der Waals surface area contributed by atoms with Gasteiger partial charge in [0, 0.05) is 48.1 Å². The fraction of sp³-hybridized carbons (Fsp3) is 0.676. The van der Waals surface area contributed by atoms with Crippen molar-refractivity contribution in [3.05, 3.63) is 29.3 Å². The van der Waals surface area contributed by atoms with Gasteiger partial charge in [0.05, 0.1) is 6.04 Å². The Balaban J connectivity index is 1.40. The highest BCUT2D eigenvalue weighted by Crippen LogP contribution is 2.45. The zero-order valence-electron chi connectivity index (χ0n) is 29.3. The van der Waals surface area contributed by atoms with E-state index in [1.165, 1.54) is 11.3 Å². The van der Waals surface area contributed by atoms with E-state index in [1.54, 1.807) is 29.2 Å². The van der Waals surface area contributed by atoms with Gasteiger partial charge in [-0.05, 0) is 68.1 Å². The molecule has 2 heterocycles. The number of Topliss-reactive ketones (excluding diaryl/α,β-unsaturated/α-hetero) is 1. The van der Waals surface area contributed by atoms with Crippen LogP contribution in [-0.4, -0.2) is 77.5 Å². The van der Waals surface area contributed by atoms with E-state index in [-0.39, 0.29) is 56.1 Å². The molecule has 0 unspecified atom stereocenters.